The summed E-state index contributed by atoms with van der Waals surface area (Å²) in [6, 6.07) is 8.27. The number of anilines is 1. The van der Waals surface area contributed by atoms with Gasteiger partial charge in [0.05, 0.1) is 24.4 Å². The first-order valence-electron chi connectivity index (χ1n) is 8.80. The fourth-order valence-electron chi connectivity index (χ4n) is 2.92. The molecule has 3 rings (SSSR count). The normalized spacial score (nSPS) is 11.0. The van der Waals surface area contributed by atoms with Crippen LogP contribution in [0.1, 0.15) is 22.5 Å². The molecule has 0 unspecified atom stereocenters. The molecule has 7 heteroatoms. The van der Waals surface area contributed by atoms with Crippen LogP contribution in [0.3, 0.4) is 0 Å². The molecule has 0 bridgehead atoms. The van der Waals surface area contributed by atoms with Gasteiger partial charge >= 0.3 is 0 Å². The van der Waals surface area contributed by atoms with Crippen molar-refractivity contribution < 1.29 is 9.53 Å². The van der Waals surface area contributed by atoms with E-state index in [2.05, 4.69) is 27.5 Å². The predicted molar refractivity (Wildman–Crippen MR) is 108 cm³/mol. The lowest BCUT2D eigenvalue weighted by atomic mass is 10.1. The smallest absolute Gasteiger partial charge is 0.230 e. The molecular formula is C20H24N4O2S. The molecule has 0 saturated carbocycles. The third-order valence-corrected chi connectivity index (χ3v) is 5.35. The molecule has 0 radical (unpaired) electrons. The highest BCUT2D eigenvalue weighted by molar-refractivity contribution is 7.14. The van der Waals surface area contributed by atoms with Gasteiger partial charge < -0.3 is 10.1 Å². The molecule has 0 aliphatic rings. The van der Waals surface area contributed by atoms with E-state index in [9.17, 15) is 4.79 Å². The van der Waals surface area contributed by atoms with Gasteiger partial charge in [-0.05, 0) is 25.8 Å². The van der Waals surface area contributed by atoms with Crippen LogP contribution >= 0.6 is 11.3 Å². The second-order valence-corrected chi connectivity index (χ2v) is 7.33. The van der Waals surface area contributed by atoms with Gasteiger partial charge in [0.15, 0.2) is 5.13 Å². The van der Waals surface area contributed by atoms with Crippen molar-refractivity contribution in [3.8, 4) is 11.3 Å². The summed E-state index contributed by atoms with van der Waals surface area (Å²) in [6.07, 6.45) is 1.19. The molecule has 1 amide bonds. The first-order valence-corrected chi connectivity index (χ1v) is 9.68. The van der Waals surface area contributed by atoms with E-state index in [1.807, 2.05) is 38.4 Å². The van der Waals surface area contributed by atoms with E-state index in [1.54, 1.807) is 11.8 Å². The van der Waals surface area contributed by atoms with Crippen molar-refractivity contribution in [2.24, 2.45) is 7.05 Å². The fourth-order valence-corrected chi connectivity index (χ4v) is 3.66. The Morgan fingerprint density at radius 2 is 2.00 bits per heavy atom. The average molecular weight is 385 g/mol. The third kappa shape index (κ3) is 4.61. The number of carbonyl (C=O) groups is 1. The first kappa shape index (κ1) is 19.3. The van der Waals surface area contributed by atoms with Crippen molar-refractivity contribution in [3.63, 3.8) is 0 Å². The molecule has 142 valence electrons. The summed E-state index contributed by atoms with van der Waals surface area (Å²) in [5, 5.41) is 9.82. The molecule has 1 aromatic carbocycles. The topological polar surface area (TPSA) is 69.0 Å². The predicted octanol–water partition coefficient (Wildman–Crippen LogP) is 3.53. The van der Waals surface area contributed by atoms with E-state index in [1.165, 1.54) is 16.9 Å². The highest BCUT2D eigenvalue weighted by Crippen LogP contribution is 2.25. The summed E-state index contributed by atoms with van der Waals surface area (Å²) < 4.78 is 6.90. The number of thiazole rings is 1. The maximum absolute atomic E-state index is 12.4. The number of hydrogen-bond donors (Lipinski definition) is 1. The Bertz CT molecular complexity index is 928. The maximum Gasteiger partial charge on any atom is 0.230 e. The summed E-state index contributed by atoms with van der Waals surface area (Å²) in [7, 11) is 3.59. The Morgan fingerprint density at radius 1 is 1.26 bits per heavy atom. The molecular weight excluding hydrogens is 360 g/mol. The van der Waals surface area contributed by atoms with Crippen LogP contribution in [0.5, 0.6) is 0 Å². The van der Waals surface area contributed by atoms with Gasteiger partial charge in [0.2, 0.25) is 5.91 Å². The van der Waals surface area contributed by atoms with Gasteiger partial charge in [-0.1, -0.05) is 24.3 Å². The Balaban J connectivity index is 1.64. The average Bonchev–Trinajstić information content (AvgIpc) is 3.20. The SMILES string of the molecule is COCCc1ccc(-c2csc(NC(=O)Cc3c(C)nn(C)c3C)n2)cc1. The largest absolute Gasteiger partial charge is 0.384 e. The number of nitrogens with one attached hydrogen (secondary N) is 1. The zero-order chi connectivity index (χ0) is 19.4. The van der Waals surface area contributed by atoms with Gasteiger partial charge in [0, 0.05) is 36.4 Å². The molecule has 27 heavy (non-hydrogen) atoms. The van der Waals surface area contributed by atoms with Crippen molar-refractivity contribution >= 4 is 22.4 Å². The van der Waals surface area contributed by atoms with Crippen molar-refractivity contribution in [1.82, 2.24) is 14.8 Å². The molecule has 3 aromatic rings. The Kier molecular flexibility index (Phi) is 6.03. The van der Waals surface area contributed by atoms with Crippen LogP contribution in [0.4, 0.5) is 5.13 Å². The third-order valence-electron chi connectivity index (χ3n) is 4.59. The van der Waals surface area contributed by atoms with E-state index in [0.29, 0.717) is 18.2 Å². The number of carbonyl (C=O) groups excluding carboxylic acids is 1. The van der Waals surface area contributed by atoms with Crippen molar-refractivity contribution in [1.29, 1.82) is 0 Å². The number of aromatic nitrogens is 3. The van der Waals surface area contributed by atoms with E-state index in [0.717, 1.165) is 34.6 Å². The van der Waals surface area contributed by atoms with Crippen LogP contribution < -0.4 is 5.32 Å². The van der Waals surface area contributed by atoms with Crippen LogP contribution in [0.2, 0.25) is 0 Å². The zero-order valence-corrected chi connectivity index (χ0v) is 16.9. The number of rotatable bonds is 7. The Morgan fingerprint density at radius 3 is 2.63 bits per heavy atom. The van der Waals surface area contributed by atoms with Crippen molar-refractivity contribution in [2.45, 2.75) is 26.7 Å². The molecule has 0 aliphatic carbocycles. The van der Waals surface area contributed by atoms with Crippen LogP contribution in [-0.2, 0) is 29.4 Å². The molecule has 6 nitrogen and oxygen atoms in total. The second kappa shape index (κ2) is 8.45. The van der Waals surface area contributed by atoms with Gasteiger partial charge in [-0.15, -0.1) is 11.3 Å². The molecule has 2 heterocycles. The summed E-state index contributed by atoms with van der Waals surface area (Å²) in [5.74, 6) is -0.0787. The zero-order valence-electron chi connectivity index (χ0n) is 16.1. The standard InChI is InChI=1S/C20H24N4O2S/c1-13-17(14(2)24(3)23-13)11-19(25)22-20-21-18(12-27-20)16-7-5-15(6-8-16)9-10-26-4/h5-8,12H,9-11H2,1-4H3,(H,21,22,25). The van der Waals surface area contributed by atoms with Gasteiger partial charge in [0.1, 0.15) is 0 Å². The molecule has 0 spiro atoms. The minimum Gasteiger partial charge on any atom is -0.384 e. The molecule has 2 aromatic heterocycles. The Hall–Kier alpha value is -2.51. The van der Waals surface area contributed by atoms with Crippen LogP contribution in [0.15, 0.2) is 29.6 Å². The summed E-state index contributed by atoms with van der Waals surface area (Å²) in [4.78, 5) is 16.9. The lowest BCUT2D eigenvalue weighted by Crippen LogP contribution is -2.15. The lowest BCUT2D eigenvalue weighted by molar-refractivity contribution is -0.115. The minimum absolute atomic E-state index is 0.0787. The molecule has 0 aliphatic heterocycles. The Labute approximate surface area is 163 Å². The number of nitrogens with zero attached hydrogens (tertiary/aromatic N) is 3. The summed E-state index contributed by atoms with van der Waals surface area (Å²) >= 11 is 1.43. The van der Waals surface area contributed by atoms with E-state index < -0.39 is 0 Å². The quantitative estimate of drug-likeness (QED) is 0.677. The van der Waals surface area contributed by atoms with Gasteiger partial charge in [-0.2, -0.15) is 5.10 Å². The van der Waals surface area contributed by atoms with Gasteiger partial charge in [0.25, 0.3) is 0 Å². The maximum atomic E-state index is 12.4. The number of methoxy groups -OCH3 is 1. The minimum atomic E-state index is -0.0787. The van der Waals surface area contributed by atoms with Crippen molar-refractivity contribution in [3.05, 3.63) is 52.2 Å². The van der Waals surface area contributed by atoms with E-state index in [4.69, 9.17) is 4.74 Å². The monoisotopic (exact) mass is 384 g/mol. The van der Waals surface area contributed by atoms with Crippen LogP contribution in [0.25, 0.3) is 11.3 Å². The van der Waals surface area contributed by atoms with Gasteiger partial charge in [-0.25, -0.2) is 4.98 Å². The number of aryl methyl sites for hydroxylation is 2. The highest BCUT2D eigenvalue weighted by atomic mass is 32.1. The number of benzene rings is 1. The number of amides is 1. The van der Waals surface area contributed by atoms with Gasteiger partial charge in [-0.3, -0.25) is 9.48 Å². The second-order valence-electron chi connectivity index (χ2n) is 6.48. The number of hydrogen-bond acceptors (Lipinski definition) is 5. The van der Waals surface area contributed by atoms with E-state index >= 15 is 0 Å². The number of ether oxygens (including phenoxy) is 1. The molecule has 1 N–H and O–H groups in total. The molecule has 0 saturated heterocycles. The molecule has 0 atom stereocenters. The van der Waals surface area contributed by atoms with Crippen LogP contribution in [0, 0.1) is 13.8 Å². The fraction of sp³-hybridized carbons (Fsp3) is 0.350. The highest BCUT2D eigenvalue weighted by Gasteiger charge is 2.15. The van der Waals surface area contributed by atoms with Crippen molar-refractivity contribution in [2.75, 3.05) is 19.0 Å². The van der Waals surface area contributed by atoms with E-state index in [-0.39, 0.29) is 5.91 Å². The lowest BCUT2D eigenvalue weighted by Gasteiger charge is -2.03. The molecule has 0 fully saturated rings. The summed E-state index contributed by atoms with van der Waals surface area (Å²) in [5.41, 5.74) is 5.99. The first-order chi connectivity index (χ1) is 13.0. The summed E-state index contributed by atoms with van der Waals surface area (Å²) in [6.45, 7) is 4.61. The van der Waals surface area contributed by atoms with Crippen LogP contribution in [-0.4, -0.2) is 34.4 Å².